The molecule has 8 nitrogen and oxygen atoms in total. The van der Waals surface area contributed by atoms with Gasteiger partial charge in [0.05, 0.1) is 16.2 Å². The smallest absolute Gasteiger partial charge is 0.269 e. The Morgan fingerprint density at radius 2 is 1.79 bits per heavy atom. The highest BCUT2D eigenvalue weighted by atomic mass is 35.5. The van der Waals surface area contributed by atoms with E-state index in [-0.39, 0.29) is 36.1 Å². The second kappa shape index (κ2) is 7.84. The van der Waals surface area contributed by atoms with E-state index >= 15 is 0 Å². The molecule has 3 atom stereocenters. The molecule has 0 bridgehead atoms. The summed E-state index contributed by atoms with van der Waals surface area (Å²) in [5.74, 6) is -0.540. The van der Waals surface area contributed by atoms with Crippen LogP contribution in [0.1, 0.15) is 36.2 Å². The topological polar surface area (TPSA) is 102 Å². The number of primary amides is 1. The number of hydrogen-bond acceptors (Lipinski definition) is 4. The van der Waals surface area contributed by atoms with E-state index in [1.54, 1.807) is 34.1 Å². The van der Waals surface area contributed by atoms with E-state index in [1.165, 1.54) is 4.68 Å². The standard InChI is InChI=1S/C25H24ClN5O3/c26-17-6-2-4-8-19(17)30(15-9-10-15)25(34)21-12-14-11-20(14)31(21)22(32)13-29-18-7-3-1-5-16(18)23(28-29)24(27)33/h1-8,14-15,20-21H,9-13H2,(H2,27,33)/t14-,20-,21+/m1/s1. The zero-order chi connectivity index (χ0) is 23.6. The lowest BCUT2D eigenvalue weighted by Gasteiger charge is -2.32. The van der Waals surface area contributed by atoms with Gasteiger partial charge in [-0.1, -0.05) is 41.9 Å². The molecule has 2 heterocycles. The summed E-state index contributed by atoms with van der Waals surface area (Å²) in [5, 5.41) is 5.47. The number of para-hydroxylation sites is 2. The Kier molecular flexibility index (Phi) is 4.88. The minimum Gasteiger partial charge on any atom is -0.364 e. The van der Waals surface area contributed by atoms with E-state index < -0.39 is 11.9 Å². The molecule has 174 valence electrons. The summed E-state index contributed by atoms with van der Waals surface area (Å²) in [6, 6.07) is 14.2. The van der Waals surface area contributed by atoms with Crippen molar-refractivity contribution in [3.05, 3.63) is 59.2 Å². The molecular formula is C25H24ClN5O3. The number of aromatic nitrogens is 2. The van der Waals surface area contributed by atoms with Crippen molar-refractivity contribution in [2.45, 2.75) is 50.4 Å². The molecule has 1 saturated heterocycles. The molecule has 2 N–H and O–H groups in total. The van der Waals surface area contributed by atoms with E-state index in [0.29, 0.717) is 34.0 Å². The van der Waals surface area contributed by atoms with Gasteiger partial charge in [-0.05, 0) is 49.8 Å². The summed E-state index contributed by atoms with van der Waals surface area (Å²) in [5.41, 5.74) is 7.00. The summed E-state index contributed by atoms with van der Waals surface area (Å²) >= 11 is 6.44. The highest BCUT2D eigenvalue weighted by Crippen LogP contribution is 2.49. The molecule has 9 heteroatoms. The Labute approximate surface area is 201 Å². The van der Waals surface area contributed by atoms with Gasteiger partial charge in [-0.3, -0.25) is 19.1 Å². The fourth-order valence-corrected chi connectivity index (χ4v) is 5.54. The molecule has 0 spiro atoms. The Morgan fingerprint density at radius 3 is 2.53 bits per heavy atom. The van der Waals surface area contributed by atoms with Gasteiger partial charge < -0.3 is 15.5 Å². The lowest BCUT2D eigenvalue weighted by Crippen LogP contribution is -2.51. The van der Waals surface area contributed by atoms with Gasteiger partial charge in [0, 0.05) is 17.5 Å². The third-order valence-electron chi connectivity index (χ3n) is 7.12. The van der Waals surface area contributed by atoms with Crippen LogP contribution >= 0.6 is 11.6 Å². The summed E-state index contributed by atoms with van der Waals surface area (Å²) in [6.45, 7) is -0.0592. The first-order valence-corrected chi connectivity index (χ1v) is 12.0. The number of carbonyl (C=O) groups excluding carboxylic acids is 3. The van der Waals surface area contributed by atoms with E-state index in [9.17, 15) is 14.4 Å². The number of rotatable bonds is 6. The molecular weight excluding hydrogens is 454 g/mol. The molecule has 3 aliphatic rings. The second-order valence-corrected chi connectivity index (χ2v) is 9.80. The number of fused-ring (bicyclic) bond motifs is 2. The maximum Gasteiger partial charge on any atom is 0.269 e. The molecule has 1 aliphatic heterocycles. The Morgan fingerprint density at radius 1 is 1.06 bits per heavy atom. The molecule has 1 aromatic heterocycles. The van der Waals surface area contributed by atoms with E-state index in [1.807, 2.05) is 24.3 Å². The van der Waals surface area contributed by atoms with Gasteiger partial charge in [0.2, 0.25) is 11.8 Å². The predicted octanol–water partition coefficient (Wildman–Crippen LogP) is 2.97. The van der Waals surface area contributed by atoms with Crippen molar-refractivity contribution in [2.24, 2.45) is 11.7 Å². The van der Waals surface area contributed by atoms with Crippen molar-refractivity contribution in [3.8, 4) is 0 Å². The van der Waals surface area contributed by atoms with Gasteiger partial charge in [0.25, 0.3) is 5.91 Å². The van der Waals surface area contributed by atoms with Crippen molar-refractivity contribution in [2.75, 3.05) is 4.90 Å². The van der Waals surface area contributed by atoms with E-state index in [0.717, 1.165) is 19.3 Å². The molecule has 0 radical (unpaired) electrons. The van der Waals surface area contributed by atoms with Crippen LogP contribution in [0.25, 0.3) is 10.9 Å². The highest BCUT2D eigenvalue weighted by molar-refractivity contribution is 6.34. The van der Waals surface area contributed by atoms with Crippen molar-refractivity contribution < 1.29 is 14.4 Å². The summed E-state index contributed by atoms with van der Waals surface area (Å²) in [4.78, 5) is 42.8. The van der Waals surface area contributed by atoms with Crippen LogP contribution in [-0.2, 0) is 16.1 Å². The lowest BCUT2D eigenvalue weighted by molar-refractivity contribution is -0.139. The zero-order valence-electron chi connectivity index (χ0n) is 18.4. The number of piperidine rings is 1. The molecule has 2 saturated carbocycles. The quantitative estimate of drug-likeness (QED) is 0.589. The summed E-state index contributed by atoms with van der Waals surface area (Å²) in [7, 11) is 0. The number of hydrogen-bond donors (Lipinski definition) is 1. The summed E-state index contributed by atoms with van der Waals surface area (Å²) in [6.07, 6.45) is 3.44. The fourth-order valence-electron chi connectivity index (χ4n) is 5.31. The maximum absolute atomic E-state index is 13.8. The first-order chi connectivity index (χ1) is 16.4. The van der Waals surface area contributed by atoms with Crippen LogP contribution in [-0.4, -0.2) is 50.5 Å². The molecule has 34 heavy (non-hydrogen) atoms. The number of anilines is 1. The SMILES string of the molecule is NC(=O)c1nn(CC(=O)N2[C@@H]3C[C@@H]3C[C@H]2C(=O)N(c2ccccc2Cl)C2CC2)c2ccccc12. The molecule has 0 unspecified atom stereocenters. The number of benzene rings is 2. The normalized spacial score (nSPS) is 23.1. The van der Waals surface area contributed by atoms with Gasteiger partial charge >= 0.3 is 0 Å². The van der Waals surface area contributed by atoms with Gasteiger partial charge in [-0.25, -0.2) is 0 Å². The maximum atomic E-state index is 13.8. The molecule has 3 fully saturated rings. The van der Waals surface area contributed by atoms with Gasteiger partial charge in [0.1, 0.15) is 12.6 Å². The van der Waals surface area contributed by atoms with Crippen molar-refractivity contribution >= 4 is 45.9 Å². The van der Waals surface area contributed by atoms with Crippen LogP contribution in [0.15, 0.2) is 48.5 Å². The fraction of sp³-hybridized carbons (Fsp3) is 0.360. The molecule has 6 rings (SSSR count). The lowest BCUT2D eigenvalue weighted by atomic mass is 10.1. The first kappa shape index (κ1) is 21.2. The Bertz CT molecular complexity index is 1330. The summed E-state index contributed by atoms with van der Waals surface area (Å²) < 4.78 is 1.52. The van der Waals surface area contributed by atoms with Crippen molar-refractivity contribution in [3.63, 3.8) is 0 Å². The number of likely N-dealkylation sites (tertiary alicyclic amines) is 1. The number of amides is 3. The van der Waals surface area contributed by atoms with Crippen molar-refractivity contribution in [1.82, 2.24) is 14.7 Å². The average Bonchev–Trinajstić information content (AvgIpc) is 3.74. The Hall–Kier alpha value is -3.39. The van der Waals surface area contributed by atoms with E-state index in [4.69, 9.17) is 17.3 Å². The van der Waals surface area contributed by atoms with Crippen LogP contribution in [0, 0.1) is 5.92 Å². The number of carbonyl (C=O) groups is 3. The van der Waals surface area contributed by atoms with Gasteiger partial charge in [-0.2, -0.15) is 5.10 Å². The largest absolute Gasteiger partial charge is 0.364 e. The molecule has 3 aromatic rings. The third-order valence-corrected chi connectivity index (χ3v) is 7.43. The van der Waals surface area contributed by atoms with Gasteiger partial charge in [0.15, 0.2) is 5.69 Å². The van der Waals surface area contributed by atoms with Crippen molar-refractivity contribution in [1.29, 1.82) is 0 Å². The first-order valence-electron chi connectivity index (χ1n) is 11.6. The number of halogens is 1. The second-order valence-electron chi connectivity index (χ2n) is 9.39. The highest BCUT2D eigenvalue weighted by Gasteiger charge is 2.57. The molecule has 2 aromatic carbocycles. The van der Waals surface area contributed by atoms with E-state index in [2.05, 4.69) is 5.10 Å². The van der Waals surface area contributed by atoms with Gasteiger partial charge in [-0.15, -0.1) is 0 Å². The number of nitrogens with zero attached hydrogens (tertiary/aromatic N) is 4. The van der Waals surface area contributed by atoms with Crippen LogP contribution < -0.4 is 10.6 Å². The minimum atomic E-state index is -0.640. The zero-order valence-corrected chi connectivity index (χ0v) is 19.2. The van der Waals surface area contributed by atoms with Crippen LogP contribution in [0.3, 0.4) is 0 Å². The predicted molar refractivity (Wildman–Crippen MR) is 127 cm³/mol. The molecule has 3 amide bonds. The van der Waals surface area contributed by atoms with Crippen LogP contribution in [0.5, 0.6) is 0 Å². The monoisotopic (exact) mass is 477 g/mol. The third kappa shape index (κ3) is 3.44. The Balaban J connectivity index is 1.30. The number of nitrogens with two attached hydrogens (primary N) is 1. The minimum absolute atomic E-state index is 0.0592. The average molecular weight is 478 g/mol. The van der Waals surface area contributed by atoms with Crippen LogP contribution in [0.4, 0.5) is 5.69 Å². The molecule has 2 aliphatic carbocycles. The van der Waals surface area contributed by atoms with Crippen LogP contribution in [0.2, 0.25) is 5.02 Å².